The Balaban J connectivity index is 0.000000145. The molecular formula is C89H90N22O6. The Labute approximate surface area is 677 Å². The van der Waals surface area contributed by atoms with Crippen molar-refractivity contribution in [1.82, 2.24) is 84.1 Å². The Hall–Kier alpha value is -14.7. The van der Waals surface area contributed by atoms with Crippen molar-refractivity contribution in [3.05, 3.63) is 243 Å². The molecule has 16 rings (SSSR count). The van der Waals surface area contributed by atoms with Crippen LogP contribution in [0.2, 0.25) is 0 Å². The van der Waals surface area contributed by atoms with E-state index in [1.54, 1.807) is 100 Å². The number of benzene rings is 7. The van der Waals surface area contributed by atoms with Gasteiger partial charge in [-0.3, -0.25) is 33.9 Å². The smallest absolute Gasteiger partial charge is 0.156 e. The van der Waals surface area contributed by atoms with Gasteiger partial charge in [0.05, 0.1) is 155 Å². The molecule has 0 atom stereocenters. The van der Waals surface area contributed by atoms with Gasteiger partial charge in [-0.25, -0.2) is 29.9 Å². The van der Waals surface area contributed by atoms with E-state index in [9.17, 15) is 0 Å². The van der Waals surface area contributed by atoms with Gasteiger partial charge in [0.15, 0.2) is 5.65 Å². The predicted octanol–water partition coefficient (Wildman–Crippen LogP) is 15.0. The fourth-order valence-corrected chi connectivity index (χ4v) is 13.2. The molecule has 0 aliphatic carbocycles. The minimum Gasteiger partial charge on any atom is -0.497 e. The van der Waals surface area contributed by atoms with Crippen LogP contribution in [0, 0.1) is 11.8 Å². The largest absolute Gasteiger partial charge is 0.497 e. The maximum atomic E-state index is 6.30. The van der Waals surface area contributed by atoms with Crippen LogP contribution >= 0.6 is 0 Å². The SMILES string of the molecule is COc1cc(OC)cc(N(CC#Cc2cnc3[nH]ccc3n2)c2ccc3ncc(-c4cnn(C)c4)nc3c2)c1.COc1cc(OC)cc(N(CCN(Cc2ccccc2N)C(C)C)c2ccc3ncc(-c4cnn(C)c4)nc3c2)c1.COc1cc(OC)cc(N(Cc2cccc(N(C)C)n2)c2ccc3ncc(-c4cnn(C)c4)nc3c2)c1. The van der Waals surface area contributed by atoms with Crippen molar-refractivity contribution in [3.8, 4) is 80.1 Å². The first-order valence-electron chi connectivity index (χ1n) is 37.7. The van der Waals surface area contributed by atoms with Crippen molar-refractivity contribution >= 4 is 89.9 Å². The second-order valence-electron chi connectivity index (χ2n) is 27.9. The fourth-order valence-electron chi connectivity index (χ4n) is 13.2. The number of nitrogen functional groups attached to an aromatic ring is 1. The average Bonchev–Trinajstić information content (AvgIpc) is 1.58. The summed E-state index contributed by atoms with van der Waals surface area (Å²) in [5.41, 5.74) is 26.6. The summed E-state index contributed by atoms with van der Waals surface area (Å²) in [6.45, 7) is 7.58. The summed E-state index contributed by atoms with van der Waals surface area (Å²) in [6.07, 6.45) is 19.9. The predicted molar refractivity (Wildman–Crippen MR) is 459 cm³/mol. The zero-order valence-electron chi connectivity index (χ0n) is 67.4. The van der Waals surface area contributed by atoms with E-state index in [1.807, 2.05) is 204 Å². The van der Waals surface area contributed by atoms with Crippen LogP contribution in [0.25, 0.3) is 78.0 Å². The first-order chi connectivity index (χ1) is 56.9. The van der Waals surface area contributed by atoms with Crippen LogP contribution < -0.4 is 53.8 Å². The number of nitrogens with one attached hydrogen (secondary N) is 1. The summed E-state index contributed by atoms with van der Waals surface area (Å²) in [4.78, 5) is 56.4. The molecule has 16 aromatic rings. The molecule has 9 aromatic heterocycles. The van der Waals surface area contributed by atoms with Crippen molar-refractivity contribution in [1.29, 1.82) is 0 Å². The molecule has 0 aliphatic rings. The molecule has 0 fully saturated rings. The number of fused-ring (bicyclic) bond motifs is 4. The summed E-state index contributed by atoms with van der Waals surface area (Å²) in [5.74, 6) is 11.5. The van der Waals surface area contributed by atoms with E-state index in [2.05, 4.69) is 109 Å². The third kappa shape index (κ3) is 19.0. The number of H-pyrrole nitrogens is 1. The topological polar surface area (TPSA) is 283 Å². The summed E-state index contributed by atoms with van der Waals surface area (Å²) in [5, 5.41) is 12.8. The third-order valence-corrected chi connectivity index (χ3v) is 19.5. The lowest BCUT2D eigenvalue weighted by Crippen LogP contribution is -2.37. The van der Waals surface area contributed by atoms with Crippen molar-refractivity contribution in [3.63, 3.8) is 0 Å². The standard InChI is InChI=1S/C32H37N7O2.C29H24N8O2.C28H29N7O2/c1-22(2)38(21-23-8-6-7-9-29(23)33)12-13-39(26-14-27(40-4)17-28(15-26)41-5)25-10-11-30-31(16-25)36-32(19-34-30)24-18-35-37(3)20-24;1-36-18-19(15-33-36)28-17-31-25-7-6-21(13-27(25)35-28)37(22-11-23(38-2)14-24(12-22)39-3)10-4-5-20-16-32-29-26(34-20)8-9-30-29;1-33(2)28-8-6-7-20(31-28)18-35(22-11-23(36-4)14-24(12-22)37-5)21-9-10-25-26(13-21)32-27(16-29-25)19-15-30-34(3)17-19/h6-11,14-20,22H,12-13,21,33H2,1-5H3;6-9,11-18H,10H2,1-3H3,(H,30,32);6-17H,18H2,1-5H3. The van der Waals surface area contributed by atoms with Gasteiger partial charge in [0.25, 0.3) is 0 Å². The van der Waals surface area contributed by atoms with E-state index in [1.165, 1.54) is 0 Å². The molecule has 0 bridgehead atoms. The van der Waals surface area contributed by atoms with Gasteiger partial charge in [0, 0.05) is 197 Å². The normalized spacial score (nSPS) is 11.1. The number of hydrogen-bond donors (Lipinski definition) is 2. The van der Waals surface area contributed by atoms with Crippen molar-refractivity contribution in [2.45, 2.75) is 33.0 Å². The zero-order valence-corrected chi connectivity index (χ0v) is 67.4. The zero-order chi connectivity index (χ0) is 81.6. The highest BCUT2D eigenvalue weighted by molar-refractivity contribution is 5.86. The van der Waals surface area contributed by atoms with Gasteiger partial charge >= 0.3 is 0 Å². The lowest BCUT2D eigenvalue weighted by atomic mass is 10.1. The maximum Gasteiger partial charge on any atom is 0.156 e. The van der Waals surface area contributed by atoms with Crippen LogP contribution in [-0.4, -0.2) is 167 Å². The first kappa shape index (κ1) is 78.9. The molecule has 0 aliphatic heterocycles. The fraction of sp³-hybridized carbons (Fsp3) is 0.213. The lowest BCUT2D eigenvalue weighted by molar-refractivity contribution is 0.219. The van der Waals surface area contributed by atoms with Crippen LogP contribution in [0.15, 0.2) is 226 Å². The molecule has 0 unspecified atom stereocenters. The molecule has 7 aromatic carbocycles. The molecule has 28 heteroatoms. The number of pyridine rings is 1. The highest BCUT2D eigenvalue weighted by atomic mass is 16.5. The van der Waals surface area contributed by atoms with Crippen LogP contribution in [0.1, 0.15) is 30.8 Å². The molecule has 9 heterocycles. The Morgan fingerprint density at radius 1 is 0.419 bits per heavy atom. The summed E-state index contributed by atoms with van der Waals surface area (Å²) in [6, 6.07) is 52.0. The van der Waals surface area contributed by atoms with Gasteiger partial charge in [-0.2, -0.15) is 15.3 Å². The number of aryl methyl sites for hydroxylation is 3. The van der Waals surface area contributed by atoms with Crippen LogP contribution in [0.4, 0.5) is 45.6 Å². The van der Waals surface area contributed by atoms with E-state index in [0.29, 0.717) is 54.4 Å². The van der Waals surface area contributed by atoms with E-state index < -0.39 is 0 Å². The average molecular weight is 1560 g/mol. The quantitative estimate of drug-likeness (QED) is 0.0397. The molecule has 0 spiro atoms. The highest BCUT2D eigenvalue weighted by Gasteiger charge is 2.22. The number of aromatic amines is 1. The Bertz CT molecular complexity index is 6160. The number of nitrogens with two attached hydrogens (primary N) is 1. The van der Waals surface area contributed by atoms with Gasteiger partial charge in [0.1, 0.15) is 51.5 Å². The van der Waals surface area contributed by atoms with E-state index in [0.717, 1.165) is 160 Å². The number of ether oxygens (including phenoxy) is 6. The molecule has 28 nitrogen and oxygen atoms in total. The second kappa shape index (κ2) is 36.0. The van der Waals surface area contributed by atoms with Crippen molar-refractivity contribution in [2.24, 2.45) is 21.1 Å². The number of para-hydroxylation sites is 1. The molecule has 0 amide bonds. The number of nitrogens with zero attached hydrogens (tertiary/aromatic N) is 20. The number of rotatable bonds is 25. The molecule has 117 heavy (non-hydrogen) atoms. The van der Waals surface area contributed by atoms with Gasteiger partial charge in [0.2, 0.25) is 0 Å². The Kier molecular flexibility index (Phi) is 24.3. The van der Waals surface area contributed by atoms with Gasteiger partial charge < -0.3 is 58.7 Å². The second-order valence-corrected chi connectivity index (χ2v) is 27.9. The molecule has 0 saturated carbocycles. The number of aromatic nitrogens is 16. The molecular weight excluding hydrogens is 1470 g/mol. The van der Waals surface area contributed by atoms with E-state index in [4.69, 9.17) is 54.1 Å². The number of methoxy groups -OCH3 is 6. The van der Waals surface area contributed by atoms with E-state index in [-0.39, 0.29) is 0 Å². The van der Waals surface area contributed by atoms with E-state index >= 15 is 0 Å². The lowest BCUT2D eigenvalue weighted by Gasteiger charge is -2.32. The summed E-state index contributed by atoms with van der Waals surface area (Å²) in [7, 11) is 19.5. The molecule has 3 N–H and O–H groups in total. The summed E-state index contributed by atoms with van der Waals surface area (Å²) >= 11 is 0. The summed E-state index contributed by atoms with van der Waals surface area (Å²) < 4.78 is 38.7. The van der Waals surface area contributed by atoms with Gasteiger partial charge in [-0.15, -0.1) is 0 Å². The minimum atomic E-state index is 0.320. The first-order valence-corrected chi connectivity index (χ1v) is 37.7. The van der Waals surface area contributed by atoms with Crippen molar-refractivity contribution in [2.75, 3.05) is 102 Å². The maximum absolute atomic E-state index is 6.30. The van der Waals surface area contributed by atoms with Gasteiger partial charge in [-0.05, 0) is 104 Å². The molecule has 0 saturated heterocycles. The number of hydrogen-bond acceptors (Lipinski definition) is 24. The Morgan fingerprint density at radius 2 is 0.872 bits per heavy atom. The minimum absolute atomic E-state index is 0.320. The number of anilines is 8. The Morgan fingerprint density at radius 3 is 1.32 bits per heavy atom. The highest BCUT2D eigenvalue weighted by Crippen LogP contribution is 2.39. The van der Waals surface area contributed by atoms with Gasteiger partial charge in [-0.1, -0.05) is 30.2 Å². The monoisotopic (exact) mass is 1560 g/mol. The van der Waals surface area contributed by atoms with Crippen LogP contribution in [-0.2, 0) is 34.2 Å². The van der Waals surface area contributed by atoms with Crippen LogP contribution in [0.3, 0.4) is 0 Å². The molecule has 0 radical (unpaired) electrons. The molecule has 592 valence electrons. The third-order valence-electron chi connectivity index (χ3n) is 19.5. The van der Waals surface area contributed by atoms with Crippen LogP contribution in [0.5, 0.6) is 34.5 Å². The van der Waals surface area contributed by atoms with Crippen molar-refractivity contribution < 1.29 is 28.4 Å².